The molecule has 0 spiro atoms. The number of ether oxygens (including phenoxy) is 1. The minimum absolute atomic E-state index is 0.106. The minimum atomic E-state index is -0.505. The number of anilines is 2. The summed E-state index contributed by atoms with van der Waals surface area (Å²) in [6.07, 6.45) is 4.36. The number of rotatable bonds is 7. The lowest BCUT2D eigenvalue weighted by atomic mass is 10.1. The smallest absolute Gasteiger partial charge is 0.248 e. The zero-order chi connectivity index (χ0) is 19.9. The molecule has 2 amide bonds. The number of carbonyl (C=O) groups is 2. The molecule has 148 valence electrons. The first-order valence-electron chi connectivity index (χ1n) is 9.69. The van der Waals surface area contributed by atoms with Crippen molar-refractivity contribution in [3.05, 3.63) is 53.6 Å². The molecule has 3 N–H and O–H groups in total. The summed E-state index contributed by atoms with van der Waals surface area (Å²) in [6, 6.07) is 12.9. The topological polar surface area (TPSA) is 84.7 Å². The third-order valence-electron chi connectivity index (χ3n) is 5.07. The largest absolute Gasteiger partial charge is 0.496 e. The van der Waals surface area contributed by atoms with Gasteiger partial charge in [-0.3, -0.25) is 9.59 Å². The first-order valence-corrected chi connectivity index (χ1v) is 9.69. The minimum Gasteiger partial charge on any atom is -0.496 e. The van der Waals surface area contributed by atoms with E-state index in [4.69, 9.17) is 10.5 Å². The maximum atomic E-state index is 12.6. The molecule has 6 heteroatoms. The Kier molecular flexibility index (Phi) is 6.53. The zero-order valence-electron chi connectivity index (χ0n) is 16.2. The molecule has 1 aliphatic rings. The number of hydrogen-bond donors (Lipinski definition) is 2. The summed E-state index contributed by atoms with van der Waals surface area (Å²) in [5.74, 6) is 0.167. The molecule has 0 bridgehead atoms. The van der Waals surface area contributed by atoms with Crippen LogP contribution in [0.2, 0.25) is 0 Å². The number of methoxy groups -OCH3 is 1. The van der Waals surface area contributed by atoms with Gasteiger partial charge in [0.1, 0.15) is 5.75 Å². The number of primary amides is 1. The predicted molar refractivity (Wildman–Crippen MR) is 111 cm³/mol. The zero-order valence-corrected chi connectivity index (χ0v) is 16.2. The summed E-state index contributed by atoms with van der Waals surface area (Å²) in [5, 5.41) is 2.98. The Morgan fingerprint density at radius 3 is 2.57 bits per heavy atom. The van der Waals surface area contributed by atoms with Crippen LogP contribution < -0.4 is 20.7 Å². The Balaban J connectivity index is 1.74. The number of carbonyl (C=O) groups excluding carboxylic acids is 2. The van der Waals surface area contributed by atoms with Crippen LogP contribution in [0.3, 0.4) is 0 Å². The van der Waals surface area contributed by atoms with Gasteiger partial charge >= 0.3 is 0 Å². The summed E-state index contributed by atoms with van der Waals surface area (Å²) in [7, 11) is 1.62. The highest BCUT2D eigenvalue weighted by Crippen LogP contribution is 2.30. The summed E-state index contributed by atoms with van der Waals surface area (Å²) >= 11 is 0. The third-order valence-corrected chi connectivity index (χ3v) is 5.07. The van der Waals surface area contributed by atoms with E-state index in [0.717, 1.165) is 42.9 Å². The fourth-order valence-electron chi connectivity index (χ4n) is 3.57. The lowest BCUT2D eigenvalue weighted by Gasteiger charge is -2.30. The van der Waals surface area contributed by atoms with Crippen molar-refractivity contribution in [1.29, 1.82) is 0 Å². The van der Waals surface area contributed by atoms with E-state index < -0.39 is 5.91 Å². The molecule has 0 aliphatic carbocycles. The molecule has 1 aliphatic heterocycles. The van der Waals surface area contributed by atoms with Crippen molar-refractivity contribution in [3.63, 3.8) is 0 Å². The van der Waals surface area contributed by atoms with Crippen molar-refractivity contribution in [2.45, 2.75) is 32.1 Å². The lowest BCUT2D eigenvalue weighted by molar-refractivity contribution is -0.116. The predicted octanol–water partition coefficient (Wildman–Crippen LogP) is 3.36. The molecule has 0 radical (unpaired) electrons. The number of benzene rings is 2. The molecule has 2 aromatic carbocycles. The SMILES string of the molecule is COc1ccccc1CCC(=O)Nc1cc(C(N)=O)ccc1N1CCCCC1. The first kappa shape index (κ1) is 19.7. The quantitative estimate of drug-likeness (QED) is 0.770. The molecule has 1 fully saturated rings. The highest BCUT2D eigenvalue weighted by Gasteiger charge is 2.17. The van der Waals surface area contributed by atoms with E-state index in [0.29, 0.717) is 24.1 Å². The van der Waals surface area contributed by atoms with Gasteiger partial charge in [-0.25, -0.2) is 0 Å². The van der Waals surface area contributed by atoms with Crippen LogP contribution in [-0.4, -0.2) is 32.0 Å². The number of nitrogens with one attached hydrogen (secondary N) is 1. The van der Waals surface area contributed by atoms with Crippen LogP contribution in [0.5, 0.6) is 5.75 Å². The van der Waals surface area contributed by atoms with Gasteiger partial charge in [0.2, 0.25) is 11.8 Å². The molecule has 2 aromatic rings. The van der Waals surface area contributed by atoms with Crippen LogP contribution in [0, 0.1) is 0 Å². The second kappa shape index (κ2) is 9.26. The van der Waals surface area contributed by atoms with Crippen LogP contribution >= 0.6 is 0 Å². The van der Waals surface area contributed by atoms with Gasteiger partial charge in [0.25, 0.3) is 0 Å². The van der Waals surface area contributed by atoms with Crippen molar-refractivity contribution >= 4 is 23.2 Å². The maximum absolute atomic E-state index is 12.6. The summed E-state index contributed by atoms with van der Waals surface area (Å²) in [6.45, 7) is 1.89. The van der Waals surface area contributed by atoms with E-state index in [1.807, 2.05) is 30.3 Å². The molecule has 1 heterocycles. The van der Waals surface area contributed by atoms with E-state index in [9.17, 15) is 9.59 Å². The molecule has 0 atom stereocenters. The Morgan fingerprint density at radius 2 is 1.86 bits per heavy atom. The van der Waals surface area contributed by atoms with Crippen LogP contribution in [0.4, 0.5) is 11.4 Å². The lowest BCUT2D eigenvalue weighted by Crippen LogP contribution is -2.30. The average molecular weight is 381 g/mol. The number of para-hydroxylation sites is 1. The van der Waals surface area contributed by atoms with Gasteiger partial charge in [0.05, 0.1) is 18.5 Å². The van der Waals surface area contributed by atoms with Crippen molar-refractivity contribution in [2.24, 2.45) is 5.73 Å². The molecule has 28 heavy (non-hydrogen) atoms. The normalized spacial score (nSPS) is 13.8. The van der Waals surface area contributed by atoms with Gasteiger partial charge in [-0.1, -0.05) is 18.2 Å². The Labute approximate surface area is 165 Å². The van der Waals surface area contributed by atoms with Crippen molar-refractivity contribution in [3.8, 4) is 5.75 Å². The fourth-order valence-corrected chi connectivity index (χ4v) is 3.57. The Hall–Kier alpha value is -3.02. The number of amides is 2. The molecule has 0 saturated carbocycles. The van der Waals surface area contributed by atoms with E-state index >= 15 is 0 Å². The van der Waals surface area contributed by atoms with Crippen molar-refractivity contribution < 1.29 is 14.3 Å². The standard InChI is InChI=1S/C22H27N3O3/c1-28-20-8-4-3-7-16(20)10-12-21(26)24-18-15-17(22(23)27)9-11-19(18)25-13-5-2-6-14-25/h3-4,7-9,11,15H,2,5-6,10,12-14H2,1H3,(H2,23,27)(H,24,26). The van der Waals surface area contributed by atoms with Gasteiger partial charge in [0, 0.05) is 25.1 Å². The number of aryl methyl sites for hydroxylation is 1. The Morgan fingerprint density at radius 1 is 1.11 bits per heavy atom. The van der Waals surface area contributed by atoms with Crippen molar-refractivity contribution in [1.82, 2.24) is 0 Å². The first-order chi connectivity index (χ1) is 13.6. The average Bonchev–Trinajstić information content (AvgIpc) is 2.73. The third kappa shape index (κ3) is 4.82. The van der Waals surface area contributed by atoms with Gasteiger partial charge in [-0.05, 0) is 55.5 Å². The monoisotopic (exact) mass is 381 g/mol. The number of nitrogens with zero attached hydrogens (tertiary/aromatic N) is 1. The van der Waals surface area contributed by atoms with Gasteiger partial charge in [-0.15, -0.1) is 0 Å². The van der Waals surface area contributed by atoms with E-state index in [-0.39, 0.29) is 5.91 Å². The Bertz CT molecular complexity index is 845. The fraction of sp³-hybridized carbons (Fsp3) is 0.364. The van der Waals surface area contributed by atoms with Crippen LogP contribution in [-0.2, 0) is 11.2 Å². The highest BCUT2D eigenvalue weighted by atomic mass is 16.5. The summed E-state index contributed by atoms with van der Waals surface area (Å²) in [5.41, 5.74) is 8.39. The highest BCUT2D eigenvalue weighted by molar-refractivity contribution is 5.99. The molecule has 0 unspecified atom stereocenters. The van der Waals surface area contributed by atoms with E-state index in [1.165, 1.54) is 6.42 Å². The second-order valence-electron chi connectivity index (χ2n) is 7.00. The molecule has 0 aromatic heterocycles. The summed E-state index contributed by atoms with van der Waals surface area (Å²) < 4.78 is 5.35. The molecular formula is C22H27N3O3. The van der Waals surface area contributed by atoms with Gasteiger partial charge < -0.3 is 20.7 Å². The maximum Gasteiger partial charge on any atom is 0.248 e. The van der Waals surface area contributed by atoms with Crippen LogP contribution in [0.15, 0.2) is 42.5 Å². The molecule has 6 nitrogen and oxygen atoms in total. The van der Waals surface area contributed by atoms with E-state index in [1.54, 1.807) is 19.2 Å². The van der Waals surface area contributed by atoms with Crippen LogP contribution in [0.1, 0.15) is 41.6 Å². The van der Waals surface area contributed by atoms with E-state index in [2.05, 4.69) is 10.2 Å². The second-order valence-corrected chi connectivity index (χ2v) is 7.00. The van der Waals surface area contributed by atoms with Crippen LogP contribution in [0.25, 0.3) is 0 Å². The van der Waals surface area contributed by atoms with Gasteiger partial charge in [0.15, 0.2) is 0 Å². The summed E-state index contributed by atoms with van der Waals surface area (Å²) in [4.78, 5) is 26.5. The van der Waals surface area contributed by atoms with Gasteiger partial charge in [-0.2, -0.15) is 0 Å². The van der Waals surface area contributed by atoms with Crippen molar-refractivity contribution in [2.75, 3.05) is 30.4 Å². The number of piperidine rings is 1. The molecule has 1 saturated heterocycles. The number of hydrogen-bond acceptors (Lipinski definition) is 4. The number of nitrogens with two attached hydrogens (primary N) is 1. The molecule has 3 rings (SSSR count). The molecular weight excluding hydrogens is 354 g/mol.